The van der Waals surface area contributed by atoms with Crippen molar-refractivity contribution in [2.24, 2.45) is 11.8 Å². The number of esters is 1. The molecule has 0 radical (unpaired) electrons. The van der Waals surface area contributed by atoms with Crippen molar-refractivity contribution in [2.45, 2.75) is 76.5 Å². The Labute approximate surface area is 250 Å². The fourth-order valence-corrected chi connectivity index (χ4v) is 7.31. The minimum absolute atomic E-state index is 0.0485. The van der Waals surface area contributed by atoms with Crippen molar-refractivity contribution < 1.29 is 29.0 Å². The molecule has 42 heavy (non-hydrogen) atoms. The van der Waals surface area contributed by atoms with E-state index in [1.165, 1.54) is 6.08 Å². The lowest BCUT2D eigenvalue weighted by Crippen LogP contribution is -2.56. The van der Waals surface area contributed by atoms with Gasteiger partial charge in [0.15, 0.2) is 0 Å². The SMILES string of the molecule is C=CCOC(=O)[C@H]1[C@H]2C(=O)N(CCCCCCO)C(C(=O)N(CC=C)c3ccc(N(CC)CC)cc3)C23CC[C@]1(C)O3. The number of anilines is 2. The van der Waals surface area contributed by atoms with Crippen LogP contribution in [0.3, 0.4) is 0 Å². The van der Waals surface area contributed by atoms with Gasteiger partial charge < -0.3 is 29.3 Å². The van der Waals surface area contributed by atoms with Gasteiger partial charge in [-0.1, -0.05) is 31.6 Å². The maximum atomic E-state index is 14.7. The van der Waals surface area contributed by atoms with Crippen molar-refractivity contribution in [3.8, 4) is 0 Å². The van der Waals surface area contributed by atoms with Gasteiger partial charge in [-0.15, -0.1) is 6.58 Å². The number of fused-ring (bicyclic) bond motifs is 1. The molecule has 5 atom stereocenters. The fraction of sp³-hybridized carbons (Fsp3) is 0.606. The first-order chi connectivity index (χ1) is 20.2. The summed E-state index contributed by atoms with van der Waals surface area (Å²) in [5.74, 6) is -2.54. The van der Waals surface area contributed by atoms with Gasteiger partial charge in [0.2, 0.25) is 5.91 Å². The van der Waals surface area contributed by atoms with Crippen molar-refractivity contribution in [1.29, 1.82) is 0 Å². The zero-order valence-electron chi connectivity index (χ0n) is 25.4. The van der Waals surface area contributed by atoms with E-state index in [2.05, 4.69) is 31.9 Å². The number of rotatable bonds is 16. The second-order valence-corrected chi connectivity index (χ2v) is 11.7. The van der Waals surface area contributed by atoms with Gasteiger partial charge in [-0.25, -0.2) is 0 Å². The van der Waals surface area contributed by atoms with Crippen LogP contribution in [0.25, 0.3) is 0 Å². The predicted molar refractivity (Wildman–Crippen MR) is 163 cm³/mol. The quantitative estimate of drug-likeness (QED) is 0.178. The summed E-state index contributed by atoms with van der Waals surface area (Å²) in [7, 11) is 0. The summed E-state index contributed by atoms with van der Waals surface area (Å²) in [5.41, 5.74) is -0.224. The first kappa shape index (κ1) is 31.8. The number of ether oxygens (including phenoxy) is 2. The summed E-state index contributed by atoms with van der Waals surface area (Å²) in [6, 6.07) is 7.01. The minimum atomic E-state index is -1.12. The third-order valence-corrected chi connectivity index (χ3v) is 9.28. The van der Waals surface area contributed by atoms with Crippen LogP contribution in [0.15, 0.2) is 49.6 Å². The summed E-state index contributed by atoms with van der Waals surface area (Å²) in [6.07, 6.45) is 7.27. The normalized spacial score (nSPS) is 27.6. The lowest BCUT2D eigenvalue weighted by molar-refractivity contribution is -0.158. The van der Waals surface area contributed by atoms with E-state index in [0.29, 0.717) is 37.9 Å². The summed E-state index contributed by atoms with van der Waals surface area (Å²) in [4.78, 5) is 47.8. The molecule has 0 saturated carbocycles. The Morgan fingerprint density at radius 2 is 1.74 bits per heavy atom. The van der Waals surface area contributed by atoms with E-state index >= 15 is 0 Å². The van der Waals surface area contributed by atoms with E-state index in [1.54, 1.807) is 15.9 Å². The van der Waals surface area contributed by atoms with Crippen molar-refractivity contribution in [2.75, 3.05) is 49.2 Å². The van der Waals surface area contributed by atoms with Crippen molar-refractivity contribution in [3.05, 3.63) is 49.6 Å². The van der Waals surface area contributed by atoms with E-state index in [9.17, 15) is 19.5 Å². The highest BCUT2D eigenvalue weighted by Crippen LogP contribution is 2.63. The minimum Gasteiger partial charge on any atom is -0.461 e. The molecule has 1 N–H and O–H groups in total. The number of carbonyl (C=O) groups excluding carboxylic acids is 3. The molecule has 9 heteroatoms. The molecule has 0 aliphatic carbocycles. The number of unbranched alkanes of at least 4 members (excludes halogenated alkanes) is 3. The number of aliphatic hydroxyl groups is 1. The zero-order chi connectivity index (χ0) is 30.5. The highest BCUT2D eigenvalue weighted by atomic mass is 16.6. The zero-order valence-corrected chi connectivity index (χ0v) is 25.4. The van der Waals surface area contributed by atoms with Gasteiger partial charge in [0.05, 0.1) is 11.5 Å². The van der Waals surface area contributed by atoms with Gasteiger partial charge in [0.1, 0.15) is 24.2 Å². The molecular weight excluding hydrogens is 534 g/mol. The number of amides is 2. The van der Waals surface area contributed by atoms with Crippen LogP contribution in [0.1, 0.15) is 59.3 Å². The van der Waals surface area contributed by atoms with Gasteiger partial charge in [-0.2, -0.15) is 0 Å². The Morgan fingerprint density at radius 1 is 1.07 bits per heavy atom. The van der Waals surface area contributed by atoms with Crippen LogP contribution in [0.5, 0.6) is 0 Å². The monoisotopic (exact) mass is 581 g/mol. The van der Waals surface area contributed by atoms with Crippen LogP contribution in [-0.4, -0.2) is 84.4 Å². The molecule has 0 aromatic heterocycles. The molecule has 1 aromatic rings. The Balaban J connectivity index is 1.71. The van der Waals surface area contributed by atoms with Crippen LogP contribution in [0, 0.1) is 11.8 Å². The molecule has 2 unspecified atom stereocenters. The number of carbonyl (C=O) groups is 3. The van der Waals surface area contributed by atoms with Crippen LogP contribution in [0.2, 0.25) is 0 Å². The average Bonchev–Trinajstić information content (AvgIpc) is 3.56. The molecule has 3 fully saturated rings. The molecule has 4 rings (SSSR count). The van der Waals surface area contributed by atoms with Crippen LogP contribution < -0.4 is 9.80 Å². The standard InChI is InChI=1S/C33H47N3O6/c1-6-20-35(25-16-14-24(15-17-25)34(8-3)9-4)30(39)28-33-19-18-32(5,42-33)27(31(40)41-23-7-2)26(33)29(38)36(28)21-12-10-11-13-22-37/h6-7,14-17,26-28,37H,1-2,8-13,18-23H2,3-5H3/t26-,27+,28?,32-,33?/m0/s1. The Hall–Kier alpha value is -3.17. The summed E-state index contributed by atoms with van der Waals surface area (Å²) < 4.78 is 12.2. The van der Waals surface area contributed by atoms with Crippen molar-refractivity contribution in [1.82, 2.24) is 4.90 Å². The van der Waals surface area contributed by atoms with Crippen molar-refractivity contribution >= 4 is 29.2 Å². The highest BCUT2D eigenvalue weighted by Gasteiger charge is 2.78. The van der Waals surface area contributed by atoms with E-state index < -0.39 is 35.0 Å². The maximum absolute atomic E-state index is 14.7. The maximum Gasteiger partial charge on any atom is 0.313 e. The molecule has 2 amide bonds. The Bertz CT molecular complexity index is 1150. The molecule has 3 heterocycles. The van der Waals surface area contributed by atoms with E-state index in [0.717, 1.165) is 31.6 Å². The Morgan fingerprint density at radius 3 is 2.36 bits per heavy atom. The third kappa shape index (κ3) is 5.61. The van der Waals surface area contributed by atoms with Crippen LogP contribution >= 0.6 is 0 Å². The predicted octanol–water partition coefficient (Wildman–Crippen LogP) is 4.10. The topological polar surface area (TPSA) is 99.6 Å². The van der Waals surface area contributed by atoms with Crippen molar-refractivity contribution in [3.63, 3.8) is 0 Å². The number of aliphatic hydroxyl groups excluding tert-OH is 1. The van der Waals surface area contributed by atoms with Crippen LogP contribution in [-0.2, 0) is 23.9 Å². The summed E-state index contributed by atoms with van der Waals surface area (Å²) >= 11 is 0. The summed E-state index contributed by atoms with van der Waals surface area (Å²) in [5, 5.41) is 9.18. The molecular formula is C33H47N3O6. The van der Waals surface area contributed by atoms with E-state index in [4.69, 9.17) is 9.47 Å². The largest absolute Gasteiger partial charge is 0.461 e. The lowest BCUT2D eigenvalue weighted by atomic mass is 9.66. The molecule has 1 spiro atoms. The number of likely N-dealkylation sites (tertiary alicyclic amines) is 1. The fourth-order valence-electron chi connectivity index (χ4n) is 7.31. The molecule has 3 saturated heterocycles. The molecule has 1 aromatic carbocycles. The van der Waals surface area contributed by atoms with Gasteiger partial charge in [-0.05, 0) is 70.7 Å². The first-order valence-electron chi connectivity index (χ1n) is 15.4. The van der Waals surface area contributed by atoms with Gasteiger partial charge in [-0.3, -0.25) is 14.4 Å². The molecule has 3 aliphatic rings. The molecule has 3 aliphatic heterocycles. The summed E-state index contributed by atoms with van der Waals surface area (Å²) in [6.45, 7) is 16.2. The van der Waals surface area contributed by atoms with Gasteiger partial charge in [0.25, 0.3) is 5.91 Å². The smallest absolute Gasteiger partial charge is 0.313 e. The molecule has 2 bridgehead atoms. The average molecular weight is 582 g/mol. The Kier molecular flexibility index (Phi) is 10.1. The molecule has 230 valence electrons. The number of hydrogen-bond acceptors (Lipinski definition) is 7. The van der Waals surface area contributed by atoms with E-state index in [-0.39, 0.29) is 31.6 Å². The second-order valence-electron chi connectivity index (χ2n) is 11.7. The number of benzene rings is 1. The van der Waals surface area contributed by atoms with Crippen LogP contribution in [0.4, 0.5) is 11.4 Å². The highest BCUT2D eigenvalue weighted by molar-refractivity contribution is 6.05. The van der Waals surface area contributed by atoms with Gasteiger partial charge >= 0.3 is 5.97 Å². The van der Waals surface area contributed by atoms with E-state index in [1.807, 2.05) is 31.2 Å². The number of hydrogen-bond donors (Lipinski definition) is 1. The second kappa shape index (κ2) is 13.4. The molecule has 9 nitrogen and oxygen atoms in total. The first-order valence-corrected chi connectivity index (χ1v) is 15.4. The number of nitrogens with zero attached hydrogens (tertiary/aromatic N) is 3. The lowest BCUT2D eigenvalue weighted by Gasteiger charge is -2.37. The third-order valence-electron chi connectivity index (χ3n) is 9.28. The van der Waals surface area contributed by atoms with Gasteiger partial charge in [0, 0.05) is 44.2 Å².